The van der Waals surface area contributed by atoms with Crippen LogP contribution in [-0.2, 0) is 0 Å². The molecule has 0 amide bonds. The van der Waals surface area contributed by atoms with Gasteiger partial charge in [0.2, 0.25) is 0 Å². The van der Waals surface area contributed by atoms with Crippen LogP contribution < -0.4 is 0 Å². The summed E-state index contributed by atoms with van der Waals surface area (Å²) in [6, 6.07) is 58.5. The first-order valence-corrected chi connectivity index (χ1v) is 21.7. The first kappa shape index (κ1) is 35.1. The molecule has 0 N–H and O–H groups in total. The Morgan fingerprint density at radius 2 is 0.661 bits per heavy atom. The van der Waals surface area contributed by atoms with Gasteiger partial charge in [-0.25, -0.2) is 0 Å². The van der Waals surface area contributed by atoms with E-state index in [-0.39, 0.29) is 0 Å². The van der Waals surface area contributed by atoms with Gasteiger partial charge in [0.25, 0.3) is 0 Å². The third-order valence-electron chi connectivity index (χ3n) is 13.7. The van der Waals surface area contributed by atoms with Crippen molar-refractivity contribution in [2.75, 3.05) is 0 Å². The average Bonchev–Trinajstić information content (AvgIpc) is 3.78. The number of rotatable bonds is 4. The smallest absolute Gasteiger partial charge is 0.00195 e. The summed E-state index contributed by atoms with van der Waals surface area (Å²) in [6.07, 6.45) is 6.13. The van der Waals surface area contributed by atoms with E-state index in [0.717, 1.165) is 5.57 Å². The van der Waals surface area contributed by atoms with Gasteiger partial charge < -0.3 is 0 Å². The highest BCUT2D eigenvalue weighted by Crippen LogP contribution is 2.50. The van der Waals surface area contributed by atoms with E-state index >= 15 is 0 Å². The molecule has 13 rings (SSSR count). The van der Waals surface area contributed by atoms with Crippen molar-refractivity contribution in [3.63, 3.8) is 0 Å². The van der Waals surface area contributed by atoms with Gasteiger partial charge in [-0.3, -0.25) is 0 Å². The summed E-state index contributed by atoms with van der Waals surface area (Å²) in [4.78, 5) is 0. The maximum absolute atomic E-state index is 3.18. The Bertz CT molecular complexity index is 4020. The Balaban J connectivity index is 1.18. The molecule has 0 radical (unpaired) electrons. The fourth-order valence-corrected chi connectivity index (χ4v) is 11.1. The van der Waals surface area contributed by atoms with Crippen LogP contribution in [-0.4, -0.2) is 0 Å². The maximum Gasteiger partial charge on any atom is -0.00195 e. The Morgan fingerprint density at radius 1 is 0.274 bits per heavy atom. The van der Waals surface area contributed by atoms with E-state index in [0.29, 0.717) is 0 Å². The number of allylic oxidation sites excluding steroid dienone is 4. The molecule has 0 heteroatoms. The van der Waals surface area contributed by atoms with Gasteiger partial charge in [0, 0.05) is 0 Å². The highest BCUT2D eigenvalue weighted by atomic mass is 14.2. The van der Waals surface area contributed by atoms with Gasteiger partial charge in [-0.1, -0.05) is 137 Å². The van der Waals surface area contributed by atoms with Crippen LogP contribution >= 0.6 is 0 Å². The molecule has 1 aliphatic carbocycles. The summed E-state index contributed by atoms with van der Waals surface area (Å²) < 4.78 is 0. The quantitative estimate of drug-likeness (QED) is 0.123. The normalized spacial score (nSPS) is 12.9. The molecule has 12 aromatic carbocycles. The molecule has 0 saturated carbocycles. The predicted molar refractivity (Wildman–Crippen MR) is 268 cm³/mol. The summed E-state index contributed by atoms with van der Waals surface area (Å²) in [7, 11) is 0. The Hall–Kier alpha value is -7.72. The van der Waals surface area contributed by atoms with Crippen molar-refractivity contribution in [2.45, 2.75) is 27.7 Å². The zero-order chi connectivity index (χ0) is 41.4. The number of fused-ring (bicyclic) bond motifs is 11. The first-order chi connectivity index (χ1) is 30.3. The molecule has 1 aliphatic rings. The lowest BCUT2D eigenvalue weighted by Crippen LogP contribution is -1.87. The number of benzene rings is 10. The van der Waals surface area contributed by atoms with Crippen LogP contribution in [0.3, 0.4) is 0 Å². The van der Waals surface area contributed by atoms with Gasteiger partial charge in [-0.05, 0) is 225 Å². The van der Waals surface area contributed by atoms with Gasteiger partial charge in [-0.15, -0.1) is 0 Å². The second-order valence-electron chi connectivity index (χ2n) is 17.9. The van der Waals surface area contributed by atoms with E-state index in [1.54, 1.807) is 0 Å². The van der Waals surface area contributed by atoms with Crippen molar-refractivity contribution in [1.82, 2.24) is 0 Å². The van der Waals surface area contributed by atoms with Crippen LogP contribution in [0.4, 0.5) is 0 Å². The second-order valence-corrected chi connectivity index (χ2v) is 17.9. The monoisotopic (exact) mass is 784 g/mol. The summed E-state index contributed by atoms with van der Waals surface area (Å²) in [5.74, 6) is 0. The molecule has 0 fully saturated rings. The molecular weight excluding hydrogens is 745 g/mol. The Labute approximate surface area is 360 Å². The molecule has 0 atom stereocenters. The largest absolute Gasteiger partial charge is 0.0702 e. The summed E-state index contributed by atoms with van der Waals surface area (Å²) in [5.41, 5.74) is 21.2. The van der Waals surface area contributed by atoms with Gasteiger partial charge in [-0.2, -0.15) is 0 Å². The first-order valence-electron chi connectivity index (χ1n) is 21.7. The Kier molecular flexibility index (Phi) is 7.29. The predicted octanol–water partition coefficient (Wildman–Crippen LogP) is 17.3. The van der Waals surface area contributed by atoms with E-state index < -0.39 is 0 Å². The lowest BCUT2D eigenvalue weighted by Gasteiger charge is -2.14. The van der Waals surface area contributed by atoms with Gasteiger partial charge in [0.15, 0.2) is 0 Å². The standard InChI is InChI=1S/C62H40/c1-35-21-36(2)24-43(23-35)45-29-55-49-19-20-50-54(53(49)33-59-47-17-15-41(39-11-7-5-8-12-39)27-51(47)57(31-45)61(55)59)34-60-48-18-16-42(40-13-9-6-10-14-40)28-52(48)58-32-46(30-56(50)62(58)60)44-25-37(3)22-38(4)26-44/h5,7-9,11-34H,1-4H3. The fraction of sp³-hybridized carbons (Fsp3) is 0.0645. The zero-order valence-electron chi connectivity index (χ0n) is 35.2. The number of aryl methyl sites for hydroxylation is 4. The van der Waals surface area contributed by atoms with Crippen molar-refractivity contribution < 1.29 is 0 Å². The zero-order valence-corrected chi connectivity index (χ0v) is 35.2. The van der Waals surface area contributed by atoms with E-state index in [4.69, 9.17) is 0 Å². The van der Waals surface area contributed by atoms with Crippen molar-refractivity contribution in [1.29, 1.82) is 0 Å². The minimum absolute atomic E-state index is 1.15. The van der Waals surface area contributed by atoms with Crippen molar-refractivity contribution >= 4 is 91.8 Å². The highest BCUT2D eigenvalue weighted by molar-refractivity contribution is 6.41. The SMILES string of the molecule is Cc1cc(C)cc(-c2cc3c4ccc5c(cc6c7ccc(-c8ccccc8)cc7c7cc(-c8cc(C)cc(C)c8)cc5c76)c4cc4c5ccc(C6=CC=C=C=C6)cc5c(c2)c34)c1. The van der Waals surface area contributed by atoms with E-state index in [9.17, 15) is 0 Å². The summed E-state index contributed by atoms with van der Waals surface area (Å²) in [6.45, 7) is 8.83. The molecule has 12 aromatic rings. The summed E-state index contributed by atoms with van der Waals surface area (Å²) in [5, 5.41) is 20.9. The maximum atomic E-state index is 3.18. The summed E-state index contributed by atoms with van der Waals surface area (Å²) >= 11 is 0. The van der Waals surface area contributed by atoms with Crippen molar-refractivity contribution in [3.8, 4) is 33.4 Å². The number of hydrogen-bond donors (Lipinski definition) is 0. The molecule has 0 spiro atoms. The van der Waals surface area contributed by atoms with Crippen LogP contribution in [0.5, 0.6) is 0 Å². The minimum Gasteiger partial charge on any atom is -0.0702 e. The Morgan fingerprint density at radius 3 is 1.15 bits per heavy atom. The highest BCUT2D eigenvalue weighted by Gasteiger charge is 2.22. The van der Waals surface area contributed by atoms with Crippen molar-refractivity contribution in [2.24, 2.45) is 0 Å². The van der Waals surface area contributed by atoms with Gasteiger partial charge in [0.1, 0.15) is 0 Å². The second kappa shape index (κ2) is 12.9. The van der Waals surface area contributed by atoms with Crippen LogP contribution in [0, 0.1) is 27.7 Å². The fourth-order valence-electron chi connectivity index (χ4n) is 11.1. The molecule has 288 valence electrons. The molecule has 0 bridgehead atoms. The third kappa shape index (κ3) is 5.16. The van der Waals surface area contributed by atoms with Crippen LogP contribution in [0.2, 0.25) is 0 Å². The van der Waals surface area contributed by atoms with E-state index in [1.807, 2.05) is 12.2 Å². The lowest BCUT2D eigenvalue weighted by molar-refractivity contribution is 1.38. The van der Waals surface area contributed by atoms with Gasteiger partial charge in [0.05, 0.1) is 0 Å². The van der Waals surface area contributed by atoms with Gasteiger partial charge >= 0.3 is 0 Å². The third-order valence-corrected chi connectivity index (χ3v) is 13.7. The minimum atomic E-state index is 1.15. The molecule has 0 nitrogen and oxygen atoms in total. The molecule has 0 aliphatic heterocycles. The molecule has 0 aromatic heterocycles. The topological polar surface area (TPSA) is 0 Å². The molecular formula is C62H40. The average molecular weight is 785 g/mol. The van der Waals surface area contributed by atoms with Crippen LogP contribution in [0.15, 0.2) is 181 Å². The van der Waals surface area contributed by atoms with E-state index in [1.165, 1.54) is 147 Å². The molecule has 0 saturated heterocycles. The van der Waals surface area contributed by atoms with E-state index in [2.05, 4.69) is 197 Å². The molecule has 0 heterocycles. The lowest BCUT2D eigenvalue weighted by atomic mass is 9.89. The van der Waals surface area contributed by atoms with Crippen LogP contribution in [0.25, 0.3) is 125 Å². The molecule has 0 unspecified atom stereocenters. The van der Waals surface area contributed by atoms with Crippen LogP contribution in [0.1, 0.15) is 27.8 Å². The molecule has 62 heavy (non-hydrogen) atoms. The van der Waals surface area contributed by atoms with Crippen molar-refractivity contribution in [3.05, 3.63) is 209 Å². The number of hydrogen-bond acceptors (Lipinski definition) is 0.